The fraction of sp³-hybridized carbons (Fsp3) is 0.500. The number of nitrogens with two attached hydrogens (primary N) is 1. The number of nitrogen functional groups attached to an aromatic ring is 1. The van der Waals surface area contributed by atoms with Crippen molar-refractivity contribution in [3.05, 3.63) is 57.9 Å². The van der Waals surface area contributed by atoms with Crippen LogP contribution in [0.1, 0.15) is 46.7 Å². The molecule has 2 aromatic carbocycles. The van der Waals surface area contributed by atoms with Crippen molar-refractivity contribution < 1.29 is 18.4 Å². The Bertz CT molecular complexity index is 1620. The number of hydrogen-bond acceptors (Lipinski definition) is 9. The summed E-state index contributed by atoms with van der Waals surface area (Å²) in [7, 11) is 4.14. The maximum atomic E-state index is 15.9. The van der Waals surface area contributed by atoms with Crippen molar-refractivity contribution in [2.45, 2.75) is 39.3 Å². The highest BCUT2D eigenvalue weighted by molar-refractivity contribution is 6.35. The van der Waals surface area contributed by atoms with Crippen LogP contribution in [0.2, 0.25) is 5.02 Å². The molecule has 2 aliphatic rings. The molecule has 3 aromatic rings. The molecule has 2 atom stereocenters. The van der Waals surface area contributed by atoms with Crippen LogP contribution in [0.5, 0.6) is 0 Å². The van der Waals surface area contributed by atoms with Crippen molar-refractivity contribution in [1.29, 1.82) is 0 Å². The lowest BCUT2D eigenvalue weighted by molar-refractivity contribution is 0.0943. The number of benzene rings is 2. The van der Waals surface area contributed by atoms with E-state index in [0.717, 1.165) is 43.8 Å². The first-order chi connectivity index (χ1) is 22.3. The van der Waals surface area contributed by atoms with Gasteiger partial charge in [0.25, 0.3) is 11.8 Å². The summed E-state index contributed by atoms with van der Waals surface area (Å²) in [5.41, 5.74) is 6.35. The molecular formula is C32H43ClF2N10O2. The number of carbonyl (C=O) groups excluding carboxylic acids is 2. The third-order valence-electron chi connectivity index (χ3n) is 9.21. The molecule has 0 saturated carbocycles. The van der Waals surface area contributed by atoms with E-state index in [1.165, 1.54) is 31.3 Å². The van der Waals surface area contributed by atoms with Gasteiger partial charge in [0.05, 0.1) is 33.8 Å². The summed E-state index contributed by atoms with van der Waals surface area (Å²) in [6, 6.07) is 4.25. The van der Waals surface area contributed by atoms with Crippen LogP contribution in [-0.4, -0.2) is 120 Å². The molecule has 254 valence electrons. The largest absolute Gasteiger partial charge is 0.396 e. The standard InChI is InChI=1S/C32H43ClF2N10O2/c1-19-16-44(17-20(2)42(19)5)28-14-23(34)27(15-25(28)38-31(46)22-13-24(36)30(35)21(3)29(22)33)45-18-26(39-40-45)32(47)37-7-6-8-43-11-9-41(4)10-12-43/h13-15,18-20H,6-12,16-17,36H2,1-5H3,(H,37,47)(H,38,46)/t19-,20+. The number of amides is 2. The molecule has 47 heavy (non-hydrogen) atoms. The molecule has 2 saturated heterocycles. The Kier molecular flexibility index (Phi) is 10.6. The fourth-order valence-electron chi connectivity index (χ4n) is 5.99. The molecule has 5 rings (SSSR count). The topological polar surface area (TPSA) is 128 Å². The Morgan fingerprint density at radius 3 is 2.38 bits per heavy atom. The van der Waals surface area contributed by atoms with E-state index < -0.39 is 23.4 Å². The number of anilines is 3. The summed E-state index contributed by atoms with van der Waals surface area (Å²) < 4.78 is 31.4. The van der Waals surface area contributed by atoms with Gasteiger partial charge in [0.2, 0.25) is 0 Å². The van der Waals surface area contributed by atoms with Gasteiger partial charge in [-0.05, 0) is 60.0 Å². The van der Waals surface area contributed by atoms with Crippen LogP contribution in [0, 0.1) is 18.6 Å². The van der Waals surface area contributed by atoms with E-state index in [9.17, 15) is 14.0 Å². The molecule has 3 heterocycles. The predicted molar refractivity (Wildman–Crippen MR) is 180 cm³/mol. The zero-order valence-electron chi connectivity index (χ0n) is 27.5. The van der Waals surface area contributed by atoms with Gasteiger partial charge in [-0.2, -0.15) is 0 Å². The summed E-state index contributed by atoms with van der Waals surface area (Å²) in [5.74, 6) is -2.38. The van der Waals surface area contributed by atoms with Crippen LogP contribution in [-0.2, 0) is 0 Å². The average molecular weight is 673 g/mol. The molecule has 15 heteroatoms. The molecule has 0 unspecified atom stereocenters. The van der Waals surface area contributed by atoms with E-state index in [0.29, 0.717) is 25.3 Å². The number of nitrogens with one attached hydrogen (secondary N) is 2. The molecule has 2 fully saturated rings. The van der Waals surface area contributed by atoms with Gasteiger partial charge in [-0.15, -0.1) is 5.10 Å². The number of likely N-dealkylation sites (N-methyl/N-ethyl adjacent to an activating group) is 2. The van der Waals surface area contributed by atoms with Crippen molar-refractivity contribution in [3.8, 4) is 5.69 Å². The average Bonchev–Trinajstić information content (AvgIpc) is 3.54. The number of nitrogens with zero attached hydrogens (tertiary/aromatic N) is 7. The molecule has 0 radical (unpaired) electrons. The predicted octanol–water partition coefficient (Wildman–Crippen LogP) is 3.24. The third kappa shape index (κ3) is 7.67. The Balaban J connectivity index is 1.38. The smallest absolute Gasteiger partial charge is 0.273 e. The lowest BCUT2D eigenvalue weighted by Gasteiger charge is -2.44. The zero-order valence-corrected chi connectivity index (χ0v) is 28.2. The van der Waals surface area contributed by atoms with E-state index in [-0.39, 0.29) is 51.0 Å². The van der Waals surface area contributed by atoms with E-state index in [2.05, 4.69) is 56.5 Å². The van der Waals surface area contributed by atoms with Gasteiger partial charge >= 0.3 is 0 Å². The highest BCUT2D eigenvalue weighted by Gasteiger charge is 2.30. The van der Waals surface area contributed by atoms with Crippen molar-refractivity contribution in [3.63, 3.8) is 0 Å². The quantitative estimate of drug-likeness (QED) is 0.232. The van der Waals surface area contributed by atoms with Gasteiger partial charge in [0.1, 0.15) is 5.69 Å². The van der Waals surface area contributed by atoms with Crippen LogP contribution in [0.4, 0.5) is 25.8 Å². The summed E-state index contributed by atoms with van der Waals surface area (Å²) in [4.78, 5) is 35.3. The summed E-state index contributed by atoms with van der Waals surface area (Å²) in [6.07, 6.45) is 2.13. The number of aromatic nitrogens is 3. The summed E-state index contributed by atoms with van der Waals surface area (Å²) >= 11 is 6.35. The van der Waals surface area contributed by atoms with Crippen LogP contribution in [0.25, 0.3) is 5.69 Å². The Hall–Kier alpha value is -3.85. The van der Waals surface area contributed by atoms with E-state index in [1.54, 1.807) is 0 Å². The molecule has 0 spiro atoms. The van der Waals surface area contributed by atoms with Crippen molar-refractivity contribution in [1.82, 2.24) is 35.0 Å². The normalized spacial score (nSPS) is 19.6. The second-order valence-corrected chi connectivity index (χ2v) is 13.0. The molecule has 2 aliphatic heterocycles. The fourth-order valence-corrected chi connectivity index (χ4v) is 6.22. The lowest BCUT2D eigenvalue weighted by atomic mass is 10.1. The molecule has 1 aromatic heterocycles. The Morgan fingerprint density at radius 2 is 1.70 bits per heavy atom. The van der Waals surface area contributed by atoms with Crippen LogP contribution < -0.4 is 21.3 Å². The van der Waals surface area contributed by atoms with Gasteiger partial charge in [-0.1, -0.05) is 16.8 Å². The van der Waals surface area contributed by atoms with E-state index in [4.69, 9.17) is 17.3 Å². The SMILES string of the molecule is Cc1c(F)c(N)cc(C(=O)Nc2cc(-n3cc(C(=O)NCCCN4CCN(C)CC4)nn3)c(F)cc2N2C[C@@H](C)N(C)[C@@H](C)C2)c1Cl. The van der Waals surface area contributed by atoms with Crippen molar-refractivity contribution in [2.24, 2.45) is 0 Å². The van der Waals surface area contributed by atoms with E-state index in [1.807, 2.05) is 11.9 Å². The Labute approximate surface area is 278 Å². The highest BCUT2D eigenvalue weighted by atomic mass is 35.5. The molecule has 0 bridgehead atoms. The number of piperazine rings is 2. The number of hydrogen-bond donors (Lipinski definition) is 3. The van der Waals surface area contributed by atoms with Gasteiger partial charge in [-0.25, -0.2) is 13.5 Å². The third-order valence-corrected chi connectivity index (χ3v) is 9.70. The highest BCUT2D eigenvalue weighted by Crippen LogP contribution is 2.35. The van der Waals surface area contributed by atoms with Gasteiger partial charge in [0.15, 0.2) is 17.3 Å². The first-order valence-electron chi connectivity index (χ1n) is 15.8. The van der Waals surface area contributed by atoms with Crippen LogP contribution in [0.3, 0.4) is 0 Å². The summed E-state index contributed by atoms with van der Waals surface area (Å²) in [5, 5.41) is 13.6. The van der Waals surface area contributed by atoms with Crippen LogP contribution in [0.15, 0.2) is 24.4 Å². The number of halogens is 3. The molecule has 4 N–H and O–H groups in total. The maximum Gasteiger partial charge on any atom is 0.273 e. The number of carbonyl (C=O) groups is 2. The molecule has 2 amide bonds. The van der Waals surface area contributed by atoms with E-state index >= 15 is 4.39 Å². The van der Waals surface area contributed by atoms with Crippen molar-refractivity contribution in [2.75, 3.05) is 82.4 Å². The lowest BCUT2D eigenvalue weighted by Crippen LogP contribution is -2.55. The van der Waals surface area contributed by atoms with Crippen LogP contribution >= 0.6 is 11.6 Å². The molecule has 0 aliphatic carbocycles. The second kappa shape index (κ2) is 14.5. The Morgan fingerprint density at radius 1 is 1.02 bits per heavy atom. The van der Waals surface area contributed by atoms with Gasteiger partial charge in [0, 0.05) is 69.5 Å². The van der Waals surface area contributed by atoms with Gasteiger partial charge < -0.3 is 31.1 Å². The first kappa shape index (κ1) is 34.5. The second-order valence-electron chi connectivity index (χ2n) is 12.6. The molecule has 12 nitrogen and oxygen atoms in total. The monoisotopic (exact) mass is 672 g/mol. The summed E-state index contributed by atoms with van der Waals surface area (Å²) in [6.45, 7) is 12.1. The van der Waals surface area contributed by atoms with Crippen molar-refractivity contribution >= 4 is 40.5 Å². The zero-order chi connectivity index (χ0) is 34.0. The number of rotatable bonds is 9. The minimum Gasteiger partial charge on any atom is -0.396 e. The first-order valence-corrected chi connectivity index (χ1v) is 16.2. The van der Waals surface area contributed by atoms with Gasteiger partial charge in [-0.3, -0.25) is 14.5 Å². The minimum atomic E-state index is -0.697. The molecular weight excluding hydrogens is 630 g/mol. The maximum absolute atomic E-state index is 15.9. The minimum absolute atomic E-state index is 0.0210.